The average molecular weight is 477 g/mol. The largest absolute Gasteiger partial charge is 0.495 e. The highest BCUT2D eigenvalue weighted by Gasteiger charge is 2.16. The zero-order valence-corrected chi connectivity index (χ0v) is 19.6. The topological polar surface area (TPSA) is 77.5 Å². The minimum absolute atomic E-state index is 0.434. The molecule has 0 amide bonds. The van der Waals surface area contributed by atoms with Crippen LogP contribution in [-0.4, -0.2) is 43.9 Å². The van der Waals surface area contributed by atoms with Gasteiger partial charge in [-0.1, -0.05) is 23.2 Å². The van der Waals surface area contributed by atoms with Crippen molar-refractivity contribution >= 4 is 45.6 Å². The van der Waals surface area contributed by atoms with Crippen LogP contribution >= 0.6 is 23.2 Å². The van der Waals surface area contributed by atoms with E-state index in [1.54, 1.807) is 26.4 Å². The van der Waals surface area contributed by atoms with Gasteiger partial charge < -0.3 is 24.8 Å². The molecular weight excluding hydrogens is 451 g/mol. The molecule has 2 aromatic carbocycles. The van der Waals surface area contributed by atoms with Crippen LogP contribution in [0.5, 0.6) is 17.2 Å². The number of rotatable bonds is 8. The molecular formula is C23H26Cl2N4O3. The molecule has 1 saturated heterocycles. The molecule has 0 aliphatic carbocycles. The van der Waals surface area contributed by atoms with Crippen molar-refractivity contribution in [2.24, 2.45) is 5.92 Å². The van der Waals surface area contributed by atoms with Crippen LogP contribution in [0.2, 0.25) is 10.0 Å². The fraction of sp³-hybridized carbons (Fsp3) is 0.391. The van der Waals surface area contributed by atoms with E-state index in [4.69, 9.17) is 37.4 Å². The molecule has 2 heterocycles. The Bertz CT molecular complexity index is 1090. The van der Waals surface area contributed by atoms with E-state index in [-0.39, 0.29) is 0 Å². The average Bonchev–Trinajstić information content (AvgIpc) is 2.81. The van der Waals surface area contributed by atoms with Gasteiger partial charge in [-0.3, -0.25) is 0 Å². The Kier molecular flexibility index (Phi) is 7.40. The van der Waals surface area contributed by atoms with Gasteiger partial charge in [-0.15, -0.1) is 0 Å². The van der Waals surface area contributed by atoms with Crippen LogP contribution in [-0.2, 0) is 0 Å². The van der Waals surface area contributed by atoms with Gasteiger partial charge in [-0.05, 0) is 50.4 Å². The highest BCUT2D eigenvalue weighted by atomic mass is 35.5. The van der Waals surface area contributed by atoms with Gasteiger partial charge in [-0.25, -0.2) is 9.97 Å². The minimum Gasteiger partial charge on any atom is -0.495 e. The maximum Gasteiger partial charge on any atom is 0.163 e. The van der Waals surface area contributed by atoms with Crippen molar-refractivity contribution in [1.29, 1.82) is 0 Å². The summed E-state index contributed by atoms with van der Waals surface area (Å²) < 4.78 is 17.0. The number of hydrogen-bond donors (Lipinski definition) is 2. The number of halogens is 2. The third-order valence-electron chi connectivity index (χ3n) is 5.66. The molecule has 32 heavy (non-hydrogen) atoms. The van der Waals surface area contributed by atoms with Gasteiger partial charge in [0.2, 0.25) is 0 Å². The first kappa shape index (κ1) is 22.7. The van der Waals surface area contributed by atoms with E-state index >= 15 is 0 Å². The highest BCUT2D eigenvalue weighted by Crippen LogP contribution is 2.38. The van der Waals surface area contributed by atoms with Crippen molar-refractivity contribution < 1.29 is 14.2 Å². The SMILES string of the molecule is COc1cc(Nc2ncnc3cc(OCCC4CCNCC4)c(OC)cc23)c(Cl)cc1Cl. The molecule has 0 unspecified atom stereocenters. The Morgan fingerprint density at radius 2 is 1.75 bits per heavy atom. The van der Waals surface area contributed by atoms with Crippen molar-refractivity contribution in [3.05, 3.63) is 40.6 Å². The molecule has 170 valence electrons. The molecule has 1 aliphatic rings. The minimum atomic E-state index is 0.434. The summed E-state index contributed by atoms with van der Waals surface area (Å²) in [6, 6.07) is 7.11. The van der Waals surface area contributed by atoms with Crippen LogP contribution in [0.25, 0.3) is 10.9 Å². The standard InChI is InChI=1S/C23H26Cl2N4O3/c1-30-20-12-19(16(24)10-17(20)25)29-23-15-9-21(31-2)22(11-18(15)27-13-28-23)32-8-5-14-3-6-26-7-4-14/h9-14,26H,3-8H2,1-2H3,(H,27,28,29). The van der Waals surface area contributed by atoms with Gasteiger partial charge in [-0.2, -0.15) is 0 Å². The first-order chi connectivity index (χ1) is 15.6. The molecule has 0 spiro atoms. The van der Waals surface area contributed by atoms with Crippen molar-refractivity contribution in [2.75, 3.05) is 39.2 Å². The Morgan fingerprint density at radius 1 is 0.969 bits per heavy atom. The summed E-state index contributed by atoms with van der Waals surface area (Å²) in [5.74, 6) is 3.09. The number of nitrogens with zero attached hydrogens (tertiary/aromatic N) is 2. The molecule has 0 bridgehead atoms. The fourth-order valence-electron chi connectivity index (χ4n) is 3.85. The molecule has 0 radical (unpaired) electrons. The van der Waals surface area contributed by atoms with E-state index in [2.05, 4.69) is 20.6 Å². The Morgan fingerprint density at radius 3 is 2.50 bits per heavy atom. The summed E-state index contributed by atoms with van der Waals surface area (Å²) in [5.41, 5.74) is 1.35. The number of methoxy groups -OCH3 is 2. The lowest BCUT2D eigenvalue weighted by Gasteiger charge is -2.22. The number of fused-ring (bicyclic) bond motifs is 1. The number of aromatic nitrogens is 2. The molecule has 1 fully saturated rings. The molecule has 1 aromatic heterocycles. The summed E-state index contributed by atoms with van der Waals surface area (Å²) >= 11 is 12.5. The summed E-state index contributed by atoms with van der Waals surface area (Å²) in [7, 11) is 3.18. The Balaban J connectivity index is 1.57. The van der Waals surface area contributed by atoms with Crippen LogP contribution in [0.1, 0.15) is 19.3 Å². The lowest BCUT2D eigenvalue weighted by atomic mass is 9.95. The number of piperidine rings is 1. The van der Waals surface area contributed by atoms with Crippen molar-refractivity contribution in [1.82, 2.24) is 15.3 Å². The second-order valence-corrected chi connectivity index (χ2v) is 8.48. The number of nitrogens with one attached hydrogen (secondary N) is 2. The summed E-state index contributed by atoms with van der Waals surface area (Å²) in [4.78, 5) is 8.81. The Hall–Kier alpha value is -2.48. The van der Waals surface area contributed by atoms with Gasteiger partial charge in [0.25, 0.3) is 0 Å². The van der Waals surface area contributed by atoms with Gasteiger partial charge >= 0.3 is 0 Å². The van der Waals surface area contributed by atoms with Crippen LogP contribution in [0, 0.1) is 5.92 Å². The summed E-state index contributed by atoms with van der Waals surface area (Å²) in [5, 5.41) is 8.31. The van der Waals surface area contributed by atoms with Crippen LogP contribution in [0.4, 0.5) is 11.5 Å². The number of benzene rings is 2. The van der Waals surface area contributed by atoms with E-state index < -0.39 is 0 Å². The molecule has 7 nitrogen and oxygen atoms in total. The lowest BCUT2D eigenvalue weighted by Crippen LogP contribution is -2.28. The molecule has 2 N–H and O–H groups in total. The van der Waals surface area contributed by atoms with Crippen LogP contribution in [0.15, 0.2) is 30.6 Å². The number of hydrogen-bond acceptors (Lipinski definition) is 7. The third-order valence-corrected chi connectivity index (χ3v) is 6.27. The number of ether oxygens (including phenoxy) is 3. The maximum atomic E-state index is 6.37. The first-order valence-corrected chi connectivity index (χ1v) is 11.3. The normalized spacial score (nSPS) is 14.4. The molecule has 1 aliphatic heterocycles. The summed E-state index contributed by atoms with van der Waals surface area (Å²) in [6.45, 7) is 2.81. The Labute approximate surface area is 197 Å². The predicted molar refractivity (Wildman–Crippen MR) is 128 cm³/mol. The van der Waals surface area contributed by atoms with Gasteiger partial charge in [0, 0.05) is 17.5 Å². The highest BCUT2D eigenvalue weighted by molar-refractivity contribution is 6.37. The third kappa shape index (κ3) is 5.11. The molecule has 0 atom stereocenters. The van der Waals surface area contributed by atoms with Gasteiger partial charge in [0.15, 0.2) is 11.5 Å². The quantitative estimate of drug-likeness (QED) is 0.446. The number of anilines is 2. The molecule has 0 saturated carbocycles. The van der Waals surface area contributed by atoms with E-state index in [0.29, 0.717) is 51.3 Å². The van der Waals surface area contributed by atoms with Crippen LogP contribution < -0.4 is 24.8 Å². The summed E-state index contributed by atoms with van der Waals surface area (Å²) in [6.07, 6.45) is 4.91. The smallest absolute Gasteiger partial charge is 0.163 e. The zero-order valence-electron chi connectivity index (χ0n) is 18.1. The van der Waals surface area contributed by atoms with Crippen molar-refractivity contribution in [3.8, 4) is 17.2 Å². The van der Waals surface area contributed by atoms with Crippen molar-refractivity contribution in [2.45, 2.75) is 19.3 Å². The van der Waals surface area contributed by atoms with E-state index in [0.717, 1.165) is 30.4 Å². The predicted octanol–water partition coefficient (Wildman–Crippen LogP) is 5.47. The van der Waals surface area contributed by atoms with Gasteiger partial charge in [0.1, 0.15) is 17.9 Å². The van der Waals surface area contributed by atoms with Crippen molar-refractivity contribution in [3.63, 3.8) is 0 Å². The van der Waals surface area contributed by atoms with E-state index in [1.165, 1.54) is 19.2 Å². The zero-order chi connectivity index (χ0) is 22.5. The monoisotopic (exact) mass is 476 g/mol. The van der Waals surface area contributed by atoms with Crippen LogP contribution in [0.3, 0.4) is 0 Å². The molecule has 9 heteroatoms. The van der Waals surface area contributed by atoms with E-state index in [1.807, 2.05) is 12.1 Å². The molecule has 3 aromatic rings. The molecule has 4 rings (SSSR count). The lowest BCUT2D eigenvalue weighted by molar-refractivity contribution is 0.243. The second kappa shape index (κ2) is 10.4. The maximum absolute atomic E-state index is 6.37. The first-order valence-electron chi connectivity index (χ1n) is 10.6. The second-order valence-electron chi connectivity index (χ2n) is 7.66. The van der Waals surface area contributed by atoms with Gasteiger partial charge in [0.05, 0.1) is 42.1 Å². The fourth-order valence-corrected chi connectivity index (χ4v) is 4.36. The van der Waals surface area contributed by atoms with E-state index in [9.17, 15) is 0 Å².